The molecule has 1 fully saturated rings. The summed E-state index contributed by atoms with van der Waals surface area (Å²) in [7, 11) is 1.54. The van der Waals surface area contributed by atoms with Gasteiger partial charge in [-0.15, -0.1) is 0 Å². The topological polar surface area (TPSA) is 106 Å². The normalized spacial score (nSPS) is 19.0. The van der Waals surface area contributed by atoms with Crippen LogP contribution in [-0.4, -0.2) is 29.9 Å². The van der Waals surface area contributed by atoms with E-state index in [1.54, 1.807) is 19.2 Å². The van der Waals surface area contributed by atoms with Crippen LogP contribution in [0.3, 0.4) is 0 Å². The molecule has 2 amide bonds. The maximum atomic E-state index is 12.7. The number of aromatic nitrogens is 1. The Labute approximate surface area is 164 Å². The second-order valence-corrected chi connectivity index (χ2v) is 7.17. The molecule has 4 N–H and O–H groups in total. The van der Waals surface area contributed by atoms with Gasteiger partial charge in [-0.1, -0.05) is 12.5 Å². The fraction of sp³-hybridized carbons (Fsp3) is 0.381. The number of aryl methyl sites for hydroxylation is 1. The monoisotopic (exact) mass is 382 g/mol. The zero-order chi connectivity index (χ0) is 20.1. The highest BCUT2D eigenvalue weighted by molar-refractivity contribution is 5.94. The third-order valence-corrected chi connectivity index (χ3v) is 4.90. The summed E-state index contributed by atoms with van der Waals surface area (Å²) in [6, 6.07) is 8.90. The Morgan fingerprint density at radius 2 is 2.04 bits per heavy atom. The highest BCUT2D eigenvalue weighted by atomic mass is 16.5. The summed E-state index contributed by atoms with van der Waals surface area (Å²) >= 11 is 0. The Hall–Kier alpha value is -2.93. The molecule has 2 atom stereocenters. The van der Waals surface area contributed by atoms with Gasteiger partial charge >= 0.3 is 0 Å². The molecule has 3 rings (SSSR count). The van der Waals surface area contributed by atoms with Crippen LogP contribution in [0.15, 0.2) is 36.5 Å². The number of nitrogens with two attached hydrogens (primary N) is 1. The van der Waals surface area contributed by atoms with Crippen molar-refractivity contribution in [1.82, 2.24) is 10.3 Å². The van der Waals surface area contributed by atoms with Crippen molar-refractivity contribution in [2.75, 3.05) is 12.4 Å². The van der Waals surface area contributed by atoms with Crippen LogP contribution in [0.4, 0.5) is 5.69 Å². The van der Waals surface area contributed by atoms with Crippen LogP contribution in [-0.2, 0) is 4.79 Å². The van der Waals surface area contributed by atoms with Gasteiger partial charge in [-0.2, -0.15) is 0 Å². The molecule has 7 heteroatoms. The first kappa shape index (κ1) is 19.8. The summed E-state index contributed by atoms with van der Waals surface area (Å²) in [6.07, 6.45) is 5.00. The van der Waals surface area contributed by atoms with Crippen molar-refractivity contribution >= 4 is 17.5 Å². The molecule has 2 aromatic rings. The van der Waals surface area contributed by atoms with Gasteiger partial charge < -0.3 is 21.1 Å². The van der Waals surface area contributed by atoms with Crippen LogP contribution in [0.25, 0.3) is 0 Å². The lowest BCUT2D eigenvalue weighted by Gasteiger charge is -2.26. The summed E-state index contributed by atoms with van der Waals surface area (Å²) in [4.78, 5) is 28.5. The number of benzene rings is 1. The SMILES string of the molecule is CNC(=O)c1cc(Oc2cc(C)ccc2NC(=O)C2CCCC(N)C2)ccn1. The van der Waals surface area contributed by atoms with Crippen LogP contribution >= 0.6 is 0 Å². The Morgan fingerprint density at radius 3 is 2.79 bits per heavy atom. The molecule has 1 aromatic carbocycles. The van der Waals surface area contributed by atoms with Crippen LogP contribution in [0.1, 0.15) is 41.7 Å². The molecule has 1 aromatic heterocycles. The van der Waals surface area contributed by atoms with Crippen molar-refractivity contribution in [3.8, 4) is 11.5 Å². The number of nitrogens with one attached hydrogen (secondary N) is 2. The van der Waals surface area contributed by atoms with Gasteiger partial charge in [-0.25, -0.2) is 0 Å². The second kappa shape index (κ2) is 8.84. The second-order valence-electron chi connectivity index (χ2n) is 7.17. The highest BCUT2D eigenvalue weighted by Gasteiger charge is 2.26. The third kappa shape index (κ3) is 4.86. The minimum Gasteiger partial charge on any atom is -0.455 e. The van der Waals surface area contributed by atoms with E-state index in [2.05, 4.69) is 15.6 Å². The van der Waals surface area contributed by atoms with E-state index in [9.17, 15) is 9.59 Å². The fourth-order valence-electron chi connectivity index (χ4n) is 3.37. The molecular formula is C21H26N4O3. The molecule has 0 spiro atoms. The summed E-state index contributed by atoms with van der Waals surface area (Å²) < 4.78 is 5.98. The predicted octanol–water partition coefficient (Wildman–Crippen LogP) is 3.00. The van der Waals surface area contributed by atoms with Crippen molar-refractivity contribution in [3.05, 3.63) is 47.8 Å². The largest absolute Gasteiger partial charge is 0.455 e. The Bertz CT molecular complexity index is 868. The summed E-state index contributed by atoms with van der Waals surface area (Å²) in [5.74, 6) is 0.567. The van der Waals surface area contributed by atoms with E-state index in [1.807, 2.05) is 25.1 Å². The minimum atomic E-state index is -0.295. The van der Waals surface area contributed by atoms with E-state index in [0.29, 0.717) is 23.6 Å². The first-order valence-electron chi connectivity index (χ1n) is 9.49. The van der Waals surface area contributed by atoms with E-state index >= 15 is 0 Å². The first-order chi connectivity index (χ1) is 13.5. The van der Waals surface area contributed by atoms with Crippen molar-refractivity contribution in [2.45, 2.75) is 38.6 Å². The number of carbonyl (C=O) groups is 2. The molecule has 0 aliphatic heterocycles. The zero-order valence-electron chi connectivity index (χ0n) is 16.2. The van der Waals surface area contributed by atoms with Crippen molar-refractivity contribution in [3.63, 3.8) is 0 Å². The maximum Gasteiger partial charge on any atom is 0.269 e. The summed E-state index contributed by atoms with van der Waals surface area (Å²) in [5, 5.41) is 5.52. The summed E-state index contributed by atoms with van der Waals surface area (Å²) in [6.45, 7) is 1.95. The van der Waals surface area contributed by atoms with Gasteiger partial charge in [-0.05, 0) is 49.9 Å². The molecule has 2 unspecified atom stereocenters. The molecule has 1 saturated carbocycles. The van der Waals surface area contributed by atoms with Gasteiger partial charge in [0, 0.05) is 31.3 Å². The number of hydrogen-bond donors (Lipinski definition) is 3. The standard InChI is InChI=1S/C21H26N4O3/c1-13-6-7-17(25-20(26)14-4-3-5-15(22)11-14)19(10-13)28-16-8-9-24-18(12-16)21(27)23-2/h6-10,12,14-15H,3-5,11,22H2,1-2H3,(H,23,27)(H,25,26). The quantitative estimate of drug-likeness (QED) is 0.737. The van der Waals surface area contributed by atoms with Crippen LogP contribution in [0, 0.1) is 12.8 Å². The van der Waals surface area contributed by atoms with E-state index in [0.717, 1.165) is 24.8 Å². The van der Waals surface area contributed by atoms with Gasteiger partial charge in [0.25, 0.3) is 5.91 Å². The van der Waals surface area contributed by atoms with E-state index in [1.165, 1.54) is 6.20 Å². The minimum absolute atomic E-state index is 0.0374. The molecule has 7 nitrogen and oxygen atoms in total. The maximum absolute atomic E-state index is 12.7. The van der Waals surface area contributed by atoms with Gasteiger partial charge in [0.2, 0.25) is 5.91 Å². The Kier molecular flexibility index (Phi) is 6.26. The molecule has 148 valence electrons. The average molecular weight is 382 g/mol. The average Bonchev–Trinajstić information content (AvgIpc) is 2.69. The Balaban J connectivity index is 1.79. The lowest BCUT2D eigenvalue weighted by atomic mass is 9.85. The number of ether oxygens (including phenoxy) is 1. The smallest absolute Gasteiger partial charge is 0.269 e. The number of rotatable bonds is 5. The van der Waals surface area contributed by atoms with Crippen LogP contribution < -0.4 is 21.1 Å². The highest BCUT2D eigenvalue weighted by Crippen LogP contribution is 2.32. The van der Waals surface area contributed by atoms with Crippen LogP contribution in [0.5, 0.6) is 11.5 Å². The fourth-order valence-corrected chi connectivity index (χ4v) is 3.37. The lowest BCUT2D eigenvalue weighted by molar-refractivity contribution is -0.120. The predicted molar refractivity (Wildman–Crippen MR) is 107 cm³/mol. The first-order valence-corrected chi connectivity index (χ1v) is 9.49. The molecule has 0 bridgehead atoms. The van der Waals surface area contributed by atoms with E-state index < -0.39 is 0 Å². The lowest BCUT2D eigenvalue weighted by Crippen LogP contribution is -2.34. The van der Waals surface area contributed by atoms with Crippen molar-refractivity contribution < 1.29 is 14.3 Å². The van der Waals surface area contributed by atoms with Gasteiger partial charge in [0.05, 0.1) is 5.69 Å². The number of nitrogens with zero attached hydrogens (tertiary/aromatic N) is 1. The molecule has 1 aliphatic carbocycles. The van der Waals surface area contributed by atoms with Gasteiger partial charge in [0.1, 0.15) is 11.4 Å². The van der Waals surface area contributed by atoms with Gasteiger partial charge in [-0.3, -0.25) is 14.6 Å². The molecule has 0 radical (unpaired) electrons. The zero-order valence-corrected chi connectivity index (χ0v) is 16.2. The third-order valence-electron chi connectivity index (χ3n) is 4.90. The van der Waals surface area contributed by atoms with Gasteiger partial charge in [0.15, 0.2) is 5.75 Å². The molecule has 28 heavy (non-hydrogen) atoms. The molecule has 0 saturated heterocycles. The number of hydrogen-bond acceptors (Lipinski definition) is 5. The number of amides is 2. The summed E-state index contributed by atoms with van der Waals surface area (Å²) in [5.41, 5.74) is 7.86. The molecular weight excluding hydrogens is 356 g/mol. The number of carbonyl (C=O) groups excluding carboxylic acids is 2. The van der Waals surface area contributed by atoms with E-state index in [-0.39, 0.29) is 29.5 Å². The molecule has 1 aliphatic rings. The van der Waals surface area contributed by atoms with Crippen molar-refractivity contribution in [1.29, 1.82) is 0 Å². The molecule has 1 heterocycles. The van der Waals surface area contributed by atoms with E-state index in [4.69, 9.17) is 10.5 Å². The van der Waals surface area contributed by atoms with Crippen LogP contribution in [0.2, 0.25) is 0 Å². The Morgan fingerprint density at radius 1 is 1.21 bits per heavy atom. The van der Waals surface area contributed by atoms with Crippen molar-refractivity contribution in [2.24, 2.45) is 11.7 Å². The number of anilines is 1. The number of pyridine rings is 1.